The van der Waals surface area contributed by atoms with E-state index in [1.807, 2.05) is 24.3 Å². The molecule has 2 heterocycles. The molecule has 5 aromatic carbocycles. The van der Waals surface area contributed by atoms with Crippen molar-refractivity contribution in [1.82, 2.24) is 0 Å². The Labute approximate surface area is 248 Å². The fourth-order valence-corrected chi connectivity index (χ4v) is 7.38. The molecular weight excluding hydrogens is 541 g/mol. The second-order valence-corrected chi connectivity index (χ2v) is 11.8. The van der Waals surface area contributed by atoms with E-state index in [1.165, 1.54) is 0 Å². The Morgan fingerprint density at radius 3 is 1.59 bits per heavy atom. The SMILES string of the molecule is C(=C1\SC(c2ccccc2)=NN1c1ccccc1)/[C@]1(c2ccccc2)SC(c2ccccc2)=NN1c1ccccc1. The van der Waals surface area contributed by atoms with Gasteiger partial charge in [0.1, 0.15) is 15.1 Å². The molecule has 6 heteroatoms. The third kappa shape index (κ3) is 4.97. The van der Waals surface area contributed by atoms with Crippen molar-refractivity contribution in [3.63, 3.8) is 0 Å². The van der Waals surface area contributed by atoms with E-state index in [4.69, 9.17) is 10.2 Å². The first-order valence-electron chi connectivity index (χ1n) is 13.4. The van der Waals surface area contributed by atoms with Gasteiger partial charge < -0.3 is 0 Å². The molecule has 0 N–H and O–H groups in total. The van der Waals surface area contributed by atoms with Gasteiger partial charge in [-0.3, -0.25) is 0 Å². The number of anilines is 2. The van der Waals surface area contributed by atoms with Crippen molar-refractivity contribution in [3.05, 3.63) is 179 Å². The largest absolute Gasteiger partial charge is 0.239 e. The summed E-state index contributed by atoms with van der Waals surface area (Å²) in [6.45, 7) is 0. The summed E-state index contributed by atoms with van der Waals surface area (Å²) >= 11 is 3.44. The molecule has 0 aliphatic carbocycles. The van der Waals surface area contributed by atoms with Crippen molar-refractivity contribution in [2.24, 2.45) is 10.2 Å². The molecule has 2 aliphatic heterocycles. The van der Waals surface area contributed by atoms with Gasteiger partial charge in [0, 0.05) is 11.1 Å². The first-order chi connectivity index (χ1) is 20.3. The molecular formula is C35H26N4S2. The summed E-state index contributed by atoms with van der Waals surface area (Å²) in [6, 6.07) is 52.2. The van der Waals surface area contributed by atoms with Gasteiger partial charge in [0.2, 0.25) is 0 Å². The Morgan fingerprint density at radius 1 is 0.512 bits per heavy atom. The third-order valence-electron chi connectivity index (χ3n) is 6.91. The lowest BCUT2D eigenvalue weighted by molar-refractivity contribution is 0.713. The van der Waals surface area contributed by atoms with E-state index in [1.54, 1.807) is 23.5 Å². The zero-order chi connectivity index (χ0) is 27.5. The van der Waals surface area contributed by atoms with E-state index in [0.29, 0.717) is 0 Å². The molecule has 0 aromatic heterocycles. The molecule has 4 nitrogen and oxygen atoms in total. The maximum absolute atomic E-state index is 5.28. The van der Waals surface area contributed by atoms with Crippen LogP contribution in [0.15, 0.2) is 173 Å². The van der Waals surface area contributed by atoms with Crippen LogP contribution < -0.4 is 10.0 Å². The quantitative estimate of drug-likeness (QED) is 0.205. The first-order valence-corrected chi connectivity index (χ1v) is 15.1. The minimum absolute atomic E-state index is 0.662. The highest BCUT2D eigenvalue weighted by atomic mass is 32.2. The Balaban J connectivity index is 1.42. The number of hydrazone groups is 2. The number of hydrogen-bond acceptors (Lipinski definition) is 6. The van der Waals surface area contributed by atoms with E-state index in [-0.39, 0.29) is 0 Å². The summed E-state index contributed by atoms with van der Waals surface area (Å²) in [6.07, 6.45) is 2.33. The van der Waals surface area contributed by atoms with E-state index in [9.17, 15) is 0 Å². The maximum atomic E-state index is 5.28. The third-order valence-corrected chi connectivity index (χ3v) is 9.27. The molecule has 0 radical (unpaired) electrons. The Morgan fingerprint density at radius 2 is 1.00 bits per heavy atom. The topological polar surface area (TPSA) is 31.2 Å². The van der Waals surface area contributed by atoms with Crippen LogP contribution in [0.25, 0.3) is 0 Å². The smallest absolute Gasteiger partial charge is 0.160 e. The van der Waals surface area contributed by atoms with Gasteiger partial charge in [-0.25, -0.2) is 10.0 Å². The van der Waals surface area contributed by atoms with Crippen LogP contribution in [-0.2, 0) is 4.87 Å². The lowest BCUT2D eigenvalue weighted by Gasteiger charge is -2.35. The number of nitrogens with zero attached hydrogens (tertiary/aromatic N) is 4. The van der Waals surface area contributed by atoms with E-state index in [2.05, 4.69) is 143 Å². The summed E-state index contributed by atoms with van der Waals surface area (Å²) < 4.78 is 0. The first kappa shape index (κ1) is 25.4. The molecule has 0 fully saturated rings. The van der Waals surface area contributed by atoms with Gasteiger partial charge in [-0.05, 0) is 47.7 Å². The lowest BCUT2D eigenvalue weighted by atomic mass is 10.0. The van der Waals surface area contributed by atoms with Gasteiger partial charge in [0.05, 0.1) is 11.4 Å². The number of para-hydroxylation sites is 2. The van der Waals surface area contributed by atoms with Crippen LogP contribution in [0.3, 0.4) is 0 Å². The van der Waals surface area contributed by atoms with Crippen molar-refractivity contribution in [1.29, 1.82) is 0 Å². The summed E-state index contributed by atoms with van der Waals surface area (Å²) in [4.78, 5) is -0.662. The monoisotopic (exact) mass is 566 g/mol. The van der Waals surface area contributed by atoms with Crippen LogP contribution in [-0.4, -0.2) is 10.1 Å². The number of benzene rings is 5. The Kier molecular flexibility index (Phi) is 6.93. The van der Waals surface area contributed by atoms with Crippen LogP contribution in [0.1, 0.15) is 16.7 Å². The van der Waals surface area contributed by atoms with Gasteiger partial charge >= 0.3 is 0 Å². The summed E-state index contributed by atoms with van der Waals surface area (Å²) in [7, 11) is 0. The van der Waals surface area contributed by atoms with Crippen LogP contribution in [0.4, 0.5) is 11.4 Å². The molecule has 2 aliphatic rings. The summed E-state index contributed by atoms with van der Waals surface area (Å²) in [5.74, 6) is 0. The molecule has 0 amide bonds. The number of rotatable bonds is 6. The van der Waals surface area contributed by atoms with Crippen LogP contribution in [0, 0.1) is 0 Å². The zero-order valence-electron chi connectivity index (χ0n) is 22.1. The Bertz CT molecular complexity index is 1720. The molecule has 198 valence electrons. The molecule has 0 saturated heterocycles. The average Bonchev–Trinajstić information content (AvgIpc) is 3.66. The predicted molar refractivity (Wildman–Crippen MR) is 175 cm³/mol. The molecule has 0 saturated carbocycles. The van der Waals surface area contributed by atoms with Gasteiger partial charge in [-0.1, -0.05) is 139 Å². The normalized spacial score (nSPS) is 19.4. The molecule has 0 unspecified atom stereocenters. The second kappa shape index (κ2) is 11.2. The van der Waals surface area contributed by atoms with Crippen molar-refractivity contribution >= 4 is 45.0 Å². The highest BCUT2D eigenvalue weighted by Gasteiger charge is 2.46. The maximum Gasteiger partial charge on any atom is 0.160 e. The Hall–Kier alpha value is -4.52. The van der Waals surface area contributed by atoms with Crippen molar-refractivity contribution in [2.45, 2.75) is 4.87 Å². The lowest BCUT2D eigenvalue weighted by Crippen LogP contribution is -2.36. The van der Waals surface area contributed by atoms with Crippen LogP contribution >= 0.6 is 23.5 Å². The molecule has 5 aromatic rings. The fourth-order valence-electron chi connectivity index (χ4n) is 4.94. The average molecular weight is 567 g/mol. The molecule has 41 heavy (non-hydrogen) atoms. The predicted octanol–water partition coefficient (Wildman–Crippen LogP) is 8.91. The van der Waals surface area contributed by atoms with Gasteiger partial charge in [-0.2, -0.15) is 10.2 Å². The fraction of sp³-hybridized carbons (Fsp3) is 0.0286. The minimum Gasteiger partial charge on any atom is -0.239 e. The molecule has 0 spiro atoms. The zero-order valence-corrected chi connectivity index (χ0v) is 23.7. The minimum atomic E-state index is -0.662. The summed E-state index contributed by atoms with van der Waals surface area (Å²) in [5, 5.41) is 17.6. The summed E-state index contributed by atoms with van der Waals surface area (Å²) in [5.41, 5.74) is 5.35. The molecule has 0 bridgehead atoms. The van der Waals surface area contributed by atoms with Gasteiger partial charge in [-0.15, -0.1) is 0 Å². The highest BCUT2D eigenvalue weighted by molar-refractivity contribution is 8.18. The number of hydrogen-bond donors (Lipinski definition) is 0. The van der Waals surface area contributed by atoms with E-state index < -0.39 is 4.87 Å². The van der Waals surface area contributed by atoms with Gasteiger partial charge in [0.15, 0.2) is 4.87 Å². The van der Waals surface area contributed by atoms with Crippen LogP contribution in [0.2, 0.25) is 0 Å². The van der Waals surface area contributed by atoms with E-state index in [0.717, 1.165) is 43.2 Å². The second-order valence-electron chi connectivity index (χ2n) is 9.59. The van der Waals surface area contributed by atoms with Gasteiger partial charge in [0.25, 0.3) is 0 Å². The highest BCUT2D eigenvalue weighted by Crippen LogP contribution is 2.52. The van der Waals surface area contributed by atoms with Crippen molar-refractivity contribution in [2.75, 3.05) is 10.0 Å². The van der Waals surface area contributed by atoms with Crippen LogP contribution in [0.5, 0.6) is 0 Å². The molecule has 1 atom stereocenters. The van der Waals surface area contributed by atoms with Crippen molar-refractivity contribution < 1.29 is 0 Å². The molecule has 7 rings (SSSR count). The number of thioether (sulfide) groups is 2. The van der Waals surface area contributed by atoms with E-state index >= 15 is 0 Å². The van der Waals surface area contributed by atoms with Crippen molar-refractivity contribution in [3.8, 4) is 0 Å². The standard InChI is InChI=1S/C35H26N4S2/c1-6-16-27(17-7-1)33-36-38(30-22-12-4-13-23-30)32(40-33)26-35(29-20-10-3-11-21-29)39(31-24-14-5-15-25-31)37-34(41-35)28-18-8-2-9-19-28/h1-26H/b32-26+/t35-/m1/s1.